The average molecular weight is 250 g/mol. The van der Waals surface area contributed by atoms with Gasteiger partial charge in [0.1, 0.15) is 8.07 Å². The second-order valence-electron chi connectivity index (χ2n) is 5.55. The van der Waals surface area contributed by atoms with Crippen molar-refractivity contribution in [3.8, 4) is 11.5 Å². The zero-order valence-electron chi connectivity index (χ0n) is 11.9. The van der Waals surface area contributed by atoms with Gasteiger partial charge in [0.05, 0.1) is 5.41 Å². The normalized spacial score (nSPS) is 25.3. The minimum Gasteiger partial charge on any atom is -0.298 e. The molecule has 1 aliphatic carbocycles. The van der Waals surface area contributed by atoms with Gasteiger partial charge in [-0.05, 0) is 37.9 Å². The standard InChI is InChI=1S/C15H26OSi/c1-5-17(6-2,7-3)13-12-15(4)11-9-8-10-14(15)16/h5-11H2,1-4H3/t15-/m1/s1. The fourth-order valence-corrected chi connectivity index (χ4v) is 5.17. The highest BCUT2D eigenvalue weighted by Crippen LogP contribution is 2.32. The lowest BCUT2D eigenvalue weighted by Crippen LogP contribution is -2.33. The van der Waals surface area contributed by atoms with Crippen LogP contribution in [0.15, 0.2) is 0 Å². The molecule has 0 aromatic heterocycles. The number of ketones is 1. The maximum absolute atomic E-state index is 12.0. The molecule has 0 spiro atoms. The van der Waals surface area contributed by atoms with Crippen molar-refractivity contribution in [2.45, 2.75) is 71.5 Å². The quantitative estimate of drug-likeness (QED) is 0.542. The number of hydrogen-bond acceptors (Lipinski definition) is 1. The molecule has 0 aromatic rings. The number of carbonyl (C=O) groups excluding carboxylic acids is 1. The number of hydrogen-bond donors (Lipinski definition) is 0. The van der Waals surface area contributed by atoms with Crippen LogP contribution in [0.3, 0.4) is 0 Å². The summed E-state index contributed by atoms with van der Waals surface area (Å²) in [5.41, 5.74) is 3.27. The molecule has 0 saturated heterocycles. The van der Waals surface area contributed by atoms with E-state index in [4.69, 9.17) is 0 Å². The monoisotopic (exact) mass is 250 g/mol. The van der Waals surface area contributed by atoms with Crippen LogP contribution in [-0.2, 0) is 4.79 Å². The van der Waals surface area contributed by atoms with Crippen LogP contribution >= 0.6 is 0 Å². The molecule has 0 amide bonds. The van der Waals surface area contributed by atoms with Gasteiger partial charge >= 0.3 is 0 Å². The first-order valence-electron chi connectivity index (χ1n) is 7.09. The van der Waals surface area contributed by atoms with E-state index in [0.29, 0.717) is 5.78 Å². The summed E-state index contributed by atoms with van der Waals surface area (Å²) in [6.07, 6.45) is 3.94. The van der Waals surface area contributed by atoms with Gasteiger partial charge in [-0.15, -0.1) is 5.54 Å². The van der Waals surface area contributed by atoms with Gasteiger partial charge in [-0.3, -0.25) is 4.79 Å². The Labute approximate surface area is 107 Å². The van der Waals surface area contributed by atoms with Gasteiger partial charge in [0.25, 0.3) is 0 Å². The van der Waals surface area contributed by atoms with E-state index in [-0.39, 0.29) is 5.41 Å². The molecule has 0 aromatic carbocycles. The fraction of sp³-hybridized carbons (Fsp3) is 0.800. The van der Waals surface area contributed by atoms with E-state index in [9.17, 15) is 4.79 Å². The van der Waals surface area contributed by atoms with Crippen LogP contribution in [0.4, 0.5) is 0 Å². The Morgan fingerprint density at radius 3 is 2.24 bits per heavy atom. The van der Waals surface area contributed by atoms with Crippen molar-refractivity contribution >= 4 is 13.9 Å². The highest BCUT2D eigenvalue weighted by molar-refractivity contribution is 6.87. The van der Waals surface area contributed by atoms with E-state index in [0.717, 1.165) is 25.7 Å². The van der Waals surface area contributed by atoms with Crippen molar-refractivity contribution < 1.29 is 4.79 Å². The number of Topliss-reactive ketones (excluding diaryl/α,β-unsaturated/α-hetero) is 1. The van der Waals surface area contributed by atoms with E-state index in [1.165, 1.54) is 18.1 Å². The average Bonchev–Trinajstić information content (AvgIpc) is 2.36. The predicted molar refractivity (Wildman–Crippen MR) is 76.6 cm³/mol. The Hall–Kier alpha value is -0.553. The van der Waals surface area contributed by atoms with Gasteiger partial charge in [0.15, 0.2) is 5.78 Å². The number of rotatable bonds is 3. The molecule has 96 valence electrons. The highest BCUT2D eigenvalue weighted by Gasteiger charge is 2.34. The summed E-state index contributed by atoms with van der Waals surface area (Å²) >= 11 is 0. The van der Waals surface area contributed by atoms with E-state index >= 15 is 0 Å². The Morgan fingerprint density at radius 2 is 1.76 bits per heavy atom. The minimum absolute atomic E-state index is 0.323. The van der Waals surface area contributed by atoms with Gasteiger partial charge in [0.2, 0.25) is 0 Å². The lowest BCUT2D eigenvalue weighted by molar-refractivity contribution is -0.127. The fourth-order valence-electron chi connectivity index (χ4n) is 2.60. The topological polar surface area (TPSA) is 17.1 Å². The molecule has 0 unspecified atom stereocenters. The first-order chi connectivity index (χ1) is 8.02. The van der Waals surface area contributed by atoms with Crippen LogP contribution in [-0.4, -0.2) is 13.9 Å². The summed E-state index contributed by atoms with van der Waals surface area (Å²) in [5, 5.41) is 0. The summed E-state index contributed by atoms with van der Waals surface area (Å²) in [5.74, 6) is 3.78. The maximum atomic E-state index is 12.0. The summed E-state index contributed by atoms with van der Waals surface area (Å²) < 4.78 is 0. The lowest BCUT2D eigenvalue weighted by atomic mass is 9.75. The third-order valence-electron chi connectivity index (χ3n) is 4.58. The molecule has 0 heterocycles. The lowest BCUT2D eigenvalue weighted by Gasteiger charge is -2.28. The van der Waals surface area contributed by atoms with Crippen molar-refractivity contribution in [2.75, 3.05) is 0 Å². The molecule has 1 fully saturated rings. The molecule has 2 heteroatoms. The van der Waals surface area contributed by atoms with Crippen molar-refractivity contribution in [2.24, 2.45) is 5.41 Å². The third-order valence-corrected chi connectivity index (χ3v) is 9.30. The molecule has 17 heavy (non-hydrogen) atoms. The SMILES string of the molecule is CC[Si](C#C[C@@]1(C)CCCCC1=O)(CC)CC. The molecule has 0 N–H and O–H groups in total. The van der Waals surface area contributed by atoms with Gasteiger partial charge in [-0.25, -0.2) is 0 Å². The predicted octanol–water partition coefficient (Wildman–Crippen LogP) is 4.19. The van der Waals surface area contributed by atoms with Crippen molar-refractivity contribution in [1.29, 1.82) is 0 Å². The first-order valence-corrected chi connectivity index (χ1v) is 9.71. The van der Waals surface area contributed by atoms with Gasteiger partial charge in [-0.1, -0.05) is 33.1 Å². The van der Waals surface area contributed by atoms with E-state index in [1.807, 2.05) is 0 Å². The minimum atomic E-state index is -1.39. The molecule has 1 rings (SSSR count). The molecule has 0 radical (unpaired) electrons. The van der Waals surface area contributed by atoms with Crippen molar-refractivity contribution in [1.82, 2.24) is 0 Å². The van der Waals surface area contributed by atoms with Crippen LogP contribution in [0.25, 0.3) is 0 Å². The molecule has 0 aliphatic heterocycles. The van der Waals surface area contributed by atoms with Gasteiger partial charge in [0, 0.05) is 6.42 Å². The summed E-state index contributed by atoms with van der Waals surface area (Å²) in [6, 6.07) is 3.66. The van der Waals surface area contributed by atoms with Crippen LogP contribution in [0.5, 0.6) is 0 Å². The van der Waals surface area contributed by atoms with Crippen LogP contribution in [0.2, 0.25) is 18.1 Å². The Bertz CT molecular complexity index is 324. The maximum Gasteiger partial charge on any atom is 0.150 e. The molecule has 1 nitrogen and oxygen atoms in total. The Balaban J connectivity index is 2.92. The Morgan fingerprint density at radius 1 is 1.18 bits per heavy atom. The van der Waals surface area contributed by atoms with Crippen LogP contribution in [0, 0.1) is 16.9 Å². The summed E-state index contributed by atoms with van der Waals surface area (Å²) in [4.78, 5) is 12.0. The zero-order valence-corrected chi connectivity index (χ0v) is 12.9. The van der Waals surface area contributed by atoms with Gasteiger partial charge < -0.3 is 0 Å². The van der Waals surface area contributed by atoms with Crippen molar-refractivity contribution in [3.05, 3.63) is 0 Å². The van der Waals surface area contributed by atoms with E-state index < -0.39 is 8.07 Å². The summed E-state index contributed by atoms with van der Waals surface area (Å²) in [7, 11) is -1.39. The van der Waals surface area contributed by atoms with Crippen LogP contribution < -0.4 is 0 Å². The molecular formula is C15H26OSi. The first kappa shape index (κ1) is 14.5. The third kappa shape index (κ3) is 3.22. The second kappa shape index (κ2) is 5.86. The van der Waals surface area contributed by atoms with E-state index in [1.54, 1.807) is 0 Å². The number of carbonyl (C=O) groups is 1. The molecule has 0 bridgehead atoms. The highest BCUT2D eigenvalue weighted by atomic mass is 28.3. The Kier molecular flexibility index (Phi) is 5.00. The van der Waals surface area contributed by atoms with Crippen LogP contribution in [0.1, 0.15) is 53.4 Å². The smallest absolute Gasteiger partial charge is 0.150 e. The van der Waals surface area contributed by atoms with Crippen molar-refractivity contribution in [3.63, 3.8) is 0 Å². The second-order valence-corrected chi connectivity index (χ2v) is 10.5. The molecule has 1 atom stereocenters. The van der Waals surface area contributed by atoms with E-state index in [2.05, 4.69) is 39.2 Å². The largest absolute Gasteiger partial charge is 0.298 e. The molecular weight excluding hydrogens is 224 g/mol. The summed E-state index contributed by atoms with van der Waals surface area (Å²) in [6.45, 7) is 8.85. The zero-order chi connectivity index (χ0) is 12.9. The molecule has 1 aliphatic rings. The van der Waals surface area contributed by atoms with Gasteiger partial charge in [-0.2, -0.15) is 0 Å². The molecule has 1 saturated carbocycles.